The minimum absolute atomic E-state index is 0.102. The average molecular weight is 395 g/mol. The maximum Gasteiger partial charge on any atom is 0.230 e. The lowest BCUT2D eigenvalue weighted by atomic mass is 10.2. The number of benzene rings is 2. The molecule has 2 aromatic carbocycles. The molecule has 0 spiro atoms. The summed E-state index contributed by atoms with van der Waals surface area (Å²) in [7, 11) is 1.65. The molecule has 1 aromatic heterocycles. The number of aromatic nitrogens is 3. The Morgan fingerprint density at radius 3 is 2.64 bits per heavy atom. The number of thioether (sulfide) groups is 1. The number of hydrogen-bond donors (Lipinski definition) is 1. The van der Waals surface area contributed by atoms with Gasteiger partial charge in [0.05, 0.1) is 31.5 Å². The quantitative estimate of drug-likeness (QED) is 0.440. The first-order chi connectivity index (χ1) is 13.7. The summed E-state index contributed by atoms with van der Waals surface area (Å²) >= 11 is 1.64. The molecular weight excluding hydrogens is 372 g/mol. The Bertz CT molecular complexity index is 923. The highest BCUT2D eigenvalue weighted by Gasteiger charge is 2.16. The van der Waals surface area contributed by atoms with Crippen molar-refractivity contribution >= 4 is 23.4 Å². The molecule has 0 aliphatic heterocycles. The van der Waals surface area contributed by atoms with Gasteiger partial charge in [-0.2, -0.15) is 0 Å². The first-order valence-electron chi connectivity index (χ1n) is 8.83. The predicted molar refractivity (Wildman–Crippen MR) is 112 cm³/mol. The van der Waals surface area contributed by atoms with Gasteiger partial charge >= 0.3 is 0 Å². The molecule has 3 rings (SSSR count). The normalized spacial score (nSPS) is 10.5. The summed E-state index contributed by atoms with van der Waals surface area (Å²) in [6, 6.07) is 17.2. The van der Waals surface area contributed by atoms with Crippen LogP contribution in [-0.4, -0.2) is 28.0 Å². The SMILES string of the molecule is C=CCn1nnc(CSc2ccc(OC)cc2)c1CC(=O)Nc1ccccc1. The number of hydrogen-bond acceptors (Lipinski definition) is 5. The molecule has 0 unspecified atom stereocenters. The van der Waals surface area contributed by atoms with Gasteiger partial charge in [-0.1, -0.05) is 29.5 Å². The summed E-state index contributed by atoms with van der Waals surface area (Å²) in [5.74, 6) is 1.34. The number of anilines is 1. The van der Waals surface area contributed by atoms with Crippen LogP contribution in [0.4, 0.5) is 5.69 Å². The van der Waals surface area contributed by atoms with Crippen LogP contribution >= 0.6 is 11.8 Å². The van der Waals surface area contributed by atoms with Gasteiger partial charge < -0.3 is 10.1 Å². The number of nitrogens with one attached hydrogen (secondary N) is 1. The number of nitrogens with zero attached hydrogens (tertiary/aromatic N) is 3. The maximum absolute atomic E-state index is 12.5. The summed E-state index contributed by atoms with van der Waals surface area (Å²) in [4.78, 5) is 13.6. The summed E-state index contributed by atoms with van der Waals surface area (Å²) in [6.07, 6.45) is 1.95. The number of ether oxygens (including phenoxy) is 1. The van der Waals surface area contributed by atoms with Crippen molar-refractivity contribution in [2.45, 2.75) is 23.6 Å². The van der Waals surface area contributed by atoms with Crippen molar-refractivity contribution in [1.82, 2.24) is 15.0 Å². The maximum atomic E-state index is 12.5. The Balaban J connectivity index is 1.70. The smallest absolute Gasteiger partial charge is 0.230 e. The molecule has 3 aromatic rings. The molecule has 144 valence electrons. The number of methoxy groups -OCH3 is 1. The third-order valence-electron chi connectivity index (χ3n) is 4.04. The van der Waals surface area contributed by atoms with Gasteiger partial charge in [0, 0.05) is 16.3 Å². The molecule has 0 saturated heterocycles. The van der Waals surface area contributed by atoms with Gasteiger partial charge in [0.25, 0.3) is 0 Å². The van der Waals surface area contributed by atoms with Crippen LogP contribution in [0.3, 0.4) is 0 Å². The lowest BCUT2D eigenvalue weighted by Crippen LogP contribution is -2.18. The van der Waals surface area contributed by atoms with Crippen LogP contribution in [0.1, 0.15) is 11.4 Å². The largest absolute Gasteiger partial charge is 0.497 e. The molecule has 28 heavy (non-hydrogen) atoms. The van der Waals surface area contributed by atoms with E-state index in [9.17, 15) is 4.79 Å². The van der Waals surface area contributed by atoms with Crippen LogP contribution in [0, 0.1) is 0 Å². The molecule has 1 amide bonds. The lowest BCUT2D eigenvalue weighted by molar-refractivity contribution is -0.115. The van der Waals surface area contributed by atoms with Crippen molar-refractivity contribution in [3.05, 3.63) is 78.6 Å². The van der Waals surface area contributed by atoms with Crippen molar-refractivity contribution in [2.24, 2.45) is 0 Å². The topological polar surface area (TPSA) is 69.0 Å². The molecule has 1 heterocycles. The first-order valence-corrected chi connectivity index (χ1v) is 9.82. The first kappa shape index (κ1) is 19.7. The highest BCUT2D eigenvalue weighted by atomic mass is 32.2. The standard InChI is InChI=1S/C21H22N4O2S/c1-3-13-25-20(14-21(26)22-16-7-5-4-6-8-16)19(23-24-25)15-28-18-11-9-17(27-2)10-12-18/h3-12H,1,13-15H2,2H3,(H,22,26). The summed E-state index contributed by atoms with van der Waals surface area (Å²) in [6.45, 7) is 4.26. The minimum Gasteiger partial charge on any atom is -0.497 e. The Labute approximate surface area is 168 Å². The number of amides is 1. The zero-order valence-electron chi connectivity index (χ0n) is 15.7. The van der Waals surface area contributed by atoms with Crippen LogP contribution in [0.25, 0.3) is 0 Å². The second-order valence-electron chi connectivity index (χ2n) is 6.01. The van der Waals surface area contributed by atoms with Crippen molar-refractivity contribution < 1.29 is 9.53 Å². The van der Waals surface area contributed by atoms with E-state index < -0.39 is 0 Å². The fourth-order valence-corrected chi connectivity index (χ4v) is 3.50. The van der Waals surface area contributed by atoms with Crippen molar-refractivity contribution in [3.8, 4) is 5.75 Å². The Morgan fingerprint density at radius 1 is 1.21 bits per heavy atom. The molecule has 0 fully saturated rings. The number of carbonyl (C=O) groups excluding carboxylic acids is 1. The van der Waals surface area contributed by atoms with Gasteiger partial charge in [-0.25, -0.2) is 4.68 Å². The van der Waals surface area contributed by atoms with Crippen LogP contribution in [-0.2, 0) is 23.5 Å². The second kappa shape index (κ2) is 9.75. The molecule has 1 N–H and O–H groups in total. The molecule has 7 heteroatoms. The lowest BCUT2D eigenvalue weighted by Gasteiger charge is -2.08. The van der Waals surface area contributed by atoms with E-state index in [2.05, 4.69) is 22.2 Å². The molecule has 0 aliphatic carbocycles. The van der Waals surface area contributed by atoms with Gasteiger partial charge in [-0.15, -0.1) is 23.4 Å². The monoisotopic (exact) mass is 394 g/mol. The molecule has 0 radical (unpaired) electrons. The van der Waals surface area contributed by atoms with Gasteiger partial charge in [0.2, 0.25) is 5.91 Å². The van der Waals surface area contributed by atoms with Crippen molar-refractivity contribution in [3.63, 3.8) is 0 Å². The number of rotatable bonds is 9. The fraction of sp³-hybridized carbons (Fsp3) is 0.190. The number of carbonyl (C=O) groups is 1. The van der Waals surface area contributed by atoms with Crippen LogP contribution in [0.5, 0.6) is 5.75 Å². The van der Waals surface area contributed by atoms with E-state index in [1.165, 1.54) is 0 Å². The average Bonchev–Trinajstić information content (AvgIpc) is 3.09. The van der Waals surface area contributed by atoms with Gasteiger partial charge in [-0.05, 0) is 36.4 Å². The van der Waals surface area contributed by atoms with E-state index in [4.69, 9.17) is 4.74 Å². The molecule has 0 atom stereocenters. The third kappa shape index (κ3) is 5.23. The fourth-order valence-electron chi connectivity index (χ4n) is 2.65. The Kier molecular flexibility index (Phi) is 6.86. The number of allylic oxidation sites excluding steroid dienone is 1. The van der Waals surface area contributed by atoms with Crippen molar-refractivity contribution in [2.75, 3.05) is 12.4 Å². The zero-order chi connectivity index (χ0) is 19.8. The highest BCUT2D eigenvalue weighted by molar-refractivity contribution is 7.98. The van der Waals surface area contributed by atoms with Gasteiger partial charge in [-0.3, -0.25) is 4.79 Å². The Hall–Kier alpha value is -3.06. The summed E-state index contributed by atoms with van der Waals surface area (Å²) < 4.78 is 6.91. The van der Waals surface area contributed by atoms with Crippen molar-refractivity contribution in [1.29, 1.82) is 0 Å². The van der Waals surface area contributed by atoms with E-state index in [-0.39, 0.29) is 12.3 Å². The van der Waals surface area contributed by atoms with Gasteiger partial charge in [0.1, 0.15) is 5.75 Å². The third-order valence-corrected chi connectivity index (χ3v) is 5.06. The van der Waals surface area contributed by atoms with E-state index in [0.29, 0.717) is 12.3 Å². The van der Waals surface area contributed by atoms with Crippen LogP contribution in [0.2, 0.25) is 0 Å². The zero-order valence-corrected chi connectivity index (χ0v) is 16.5. The minimum atomic E-state index is -0.102. The molecule has 0 saturated carbocycles. The Morgan fingerprint density at radius 2 is 1.96 bits per heavy atom. The summed E-state index contributed by atoms with van der Waals surface area (Å²) in [5, 5.41) is 11.4. The van der Waals surface area contributed by atoms with E-state index in [1.54, 1.807) is 29.6 Å². The highest BCUT2D eigenvalue weighted by Crippen LogP contribution is 2.25. The van der Waals surface area contributed by atoms with E-state index in [1.807, 2.05) is 54.6 Å². The molecule has 0 aliphatic rings. The van der Waals surface area contributed by atoms with E-state index in [0.717, 1.165) is 27.7 Å². The van der Waals surface area contributed by atoms with Crippen LogP contribution < -0.4 is 10.1 Å². The molecule has 6 nitrogen and oxygen atoms in total. The van der Waals surface area contributed by atoms with Crippen LogP contribution in [0.15, 0.2) is 72.1 Å². The van der Waals surface area contributed by atoms with Gasteiger partial charge in [0.15, 0.2) is 0 Å². The summed E-state index contributed by atoms with van der Waals surface area (Å²) in [5.41, 5.74) is 2.37. The molecular formula is C21H22N4O2S. The molecule has 0 bridgehead atoms. The van der Waals surface area contributed by atoms with E-state index >= 15 is 0 Å². The second-order valence-corrected chi connectivity index (χ2v) is 7.06. The number of para-hydroxylation sites is 1. The predicted octanol–water partition coefficient (Wildman–Crippen LogP) is 3.95.